The predicted molar refractivity (Wildman–Crippen MR) is 137 cm³/mol. The van der Waals surface area contributed by atoms with Crippen molar-refractivity contribution >= 4 is 21.6 Å². The molecule has 0 aliphatic carbocycles. The molecule has 2 heterocycles. The molecule has 1 N–H and O–H groups in total. The highest BCUT2D eigenvalue weighted by atomic mass is 32.2. The van der Waals surface area contributed by atoms with E-state index >= 15 is 0 Å². The van der Waals surface area contributed by atoms with Crippen LogP contribution in [0.1, 0.15) is 44.6 Å². The van der Waals surface area contributed by atoms with E-state index in [1.807, 2.05) is 17.0 Å². The van der Waals surface area contributed by atoms with Gasteiger partial charge in [-0.3, -0.25) is 4.79 Å². The van der Waals surface area contributed by atoms with E-state index in [4.69, 9.17) is 19.6 Å². The van der Waals surface area contributed by atoms with Crippen molar-refractivity contribution in [3.05, 3.63) is 60.2 Å². The summed E-state index contributed by atoms with van der Waals surface area (Å²) in [5.41, 5.74) is -0.624. The number of piperidine rings is 1. The Bertz CT molecular complexity index is 1160. The van der Waals surface area contributed by atoms with Gasteiger partial charge in [0.15, 0.2) is 15.4 Å². The second-order valence-electron chi connectivity index (χ2n) is 9.29. The topological polar surface area (TPSA) is 105 Å². The Hall–Kier alpha value is -2.91. The SMILES string of the molecule is C[C@H]1OC(c2ccc(OCCCO)cc2)=N[C@@]1(CCS(=O)(=O)c1ccccc1)C(=O)N1CCCCC1. The quantitative estimate of drug-likeness (QED) is 0.488. The van der Waals surface area contributed by atoms with Crippen molar-refractivity contribution in [3.63, 3.8) is 0 Å². The summed E-state index contributed by atoms with van der Waals surface area (Å²) in [4.78, 5) is 20.7. The lowest BCUT2D eigenvalue weighted by Crippen LogP contribution is -2.54. The van der Waals surface area contributed by atoms with Crippen LogP contribution in [0.3, 0.4) is 0 Å². The number of likely N-dealkylation sites (tertiary alicyclic amines) is 1. The largest absolute Gasteiger partial charge is 0.494 e. The molecule has 194 valence electrons. The Labute approximate surface area is 212 Å². The molecule has 1 fully saturated rings. The smallest absolute Gasteiger partial charge is 0.254 e. The minimum atomic E-state index is -3.60. The standard InChI is InChI=1S/C27H34N2O6S/c1-21-27(26(31)29-16-6-3-7-17-29,15-20-36(32,33)24-9-4-2-5-10-24)28-25(35-21)22-11-13-23(14-12-22)34-19-8-18-30/h2,4-5,9-14,21,30H,3,6-8,15-20H2,1H3/t21-,27-/m1/s1. The van der Waals surface area contributed by atoms with E-state index in [1.54, 1.807) is 49.4 Å². The third-order valence-electron chi connectivity index (χ3n) is 6.80. The Kier molecular flexibility index (Phi) is 8.31. The maximum absolute atomic E-state index is 13.9. The predicted octanol–water partition coefficient (Wildman–Crippen LogP) is 3.23. The molecule has 0 bridgehead atoms. The summed E-state index contributed by atoms with van der Waals surface area (Å²) in [6.45, 7) is 3.55. The Balaban J connectivity index is 1.61. The van der Waals surface area contributed by atoms with Gasteiger partial charge in [0.05, 0.1) is 17.3 Å². The summed E-state index contributed by atoms with van der Waals surface area (Å²) in [6.07, 6.45) is 2.89. The van der Waals surface area contributed by atoms with Crippen LogP contribution in [0, 0.1) is 0 Å². The summed E-state index contributed by atoms with van der Waals surface area (Å²) in [5.74, 6) is 0.603. The first kappa shape index (κ1) is 26.2. The zero-order valence-corrected chi connectivity index (χ0v) is 21.5. The number of ether oxygens (including phenoxy) is 2. The average molecular weight is 515 g/mol. The van der Waals surface area contributed by atoms with Gasteiger partial charge in [-0.15, -0.1) is 0 Å². The highest BCUT2D eigenvalue weighted by Crippen LogP contribution is 2.35. The number of aliphatic hydroxyl groups is 1. The number of aliphatic hydroxyl groups excluding tert-OH is 1. The van der Waals surface area contributed by atoms with Crippen molar-refractivity contribution in [2.24, 2.45) is 4.99 Å². The van der Waals surface area contributed by atoms with Gasteiger partial charge >= 0.3 is 0 Å². The van der Waals surface area contributed by atoms with E-state index in [-0.39, 0.29) is 29.6 Å². The van der Waals surface area contributed by atoms with Crippen LogP contribution in [-0.2, 0) is 19.4 Å². The molecule has 1 amide bonds. The molecule has 2 aliphatic heterocycles. The summed E-state index contributed by atoms with van der Waals surface area (Å²) < 4.78 is 37.9. The van der Waals surface area contributed by atoms with Crippen molar-refractivity contribution in [3.8, 4) is 5.75 Å². The number of amides is 1. The van der Waals surface area contributed by atoms with Crippen LogP contribution in [0.4, 0.5) is 0 Å². The number of hydrogen-bond acceptors (Lipinski definition) is 7. The number of aliphatic imine (C=N–C) groups is 1. The van der Waals surface area contributed by atoms with Crippen LogP contribution in [0.15, 0.2) is 64.5 Å². The third kappa shape index (κ3) is 5.73. The van der Waals surface area contributed by atoms with Gasteiger partial charge in [-0.05, 0) is 69.0 Å². The maximum Gasteiger partial charge on any atom is 0.254 e. The molecule has 0 saturated carbocycles. The first-order valence-corrected chi connectivity index (χ1v) is 14.2. The number of sulfone groups is 1. The molecule has 0 spiro atoms. The van der Waals surface area contributed by atoms with Gasteiger partial charge in [-0.25, -0.2) is 13.4 Å². The highest BCUT2D eigenvalue weighted by Gasteiger charge is 2.52. The maximum atomic E-state index is 13.9. The zero-order valence-electron chi connectivity index (χ0n) is 20.6. The van der Waals surface area contributed by atoms with Crippen LogP contribution in [0.25, 0.3) is 0 Å². The van der Waals surface area contributed by atoms with Crippen molar-refractivity contribution in [2.75, 3.05) is 32.1 Å². The van der Waals surface area contributed by atoms with Crippen molar-refractivity contribution < 1.29 is 27.8 Å². The van der Waals surface area contributed by atoms with Crippen molar-refractivity contribution in [1.29, 1.82) is 0 Å². The third-order valence-corrected chi connectivity index (χ3v) is 8.53. The Morgan fingerprint density at radius 3 is 2.47 bits per heavy atom. The van der Waals surface area contributed by atoms with Crippen LogP contribution in [-0.4, -0.2) is 73.9 Å². The van der Waals surface area contributed by atoms with E-state index in [0.717, 1.165) is 19.3 Å². The lowest BCUT2D eigenvalue weighted by Gasteiger charge is -2.36. The van der Waals surface area contributed by atoms with Gasteiger partial charge < -0.3 is 19.5 Å². The number of nitrogens with zero attached hydrogens (tertiary/aromatic N) is 2. The summed E-state index contributed by atoms with van der Waals surface area (Å²) >= 11 is 0. The minimum absolute atomic E-state index is 0.0343. The van der Waals surface area contributed by atoms with Gasteiger partial charge in [0.25, 0.3) is 5.91 Å². The lowest BCUT2D eigenvalue weighted by molar-refractivity contribution is -0.140. The fraction of sp³-hybridized carbons (Fsp3) is 0.481. The molecular formula is C27H34N2O6S. The van der Waals surface area contributed by atoms with E-state index in [9.17, 15) is 13.2 Å². The second kappa shape index (κ2) is 11.4. The molecule has 4 rings (SSSR count). The van der Waals surface area contributed by atoms with E-state index in [1.165, 1.54) is 0 Å². The van der Waals surface area contributed by atoms with Gasteiger partial charge in [0.1, 0.15) is 11.9 Å². The van der Waals surface area contributed by atoms with Crippen LogP contribution in [0.5, 0.6) is 5.75 Å². The molecule has 36 heavy (non-hydrogen) atoms. The molecule has 2 aromatic rings. The fourth-order valence-electron chi connectivity index (χ4n) is 4.64. The molecule has 2 aliphatic rings. The van der Waals surface area contributed by atoms with Crippen molar-refractivity contribution in [2.45, 2.75) is 55.6 Å². The molecule has 2 aromatic carbocycles. The van der Waals surface area contributed by atoms with Crippen molar-refractivity contribution in [1.82, 2.24) is 4.90 Å². The Morgan fingerprint density at radius 1 is 1.11 bits per heavy atom. The molecular weight excluding hydrogens is 480 g/mol. The molecule has 8 nitrogen and oxygen atoms in total. The number of carbonyl (C=O) groups excluding carboxylic acids is 1. The Morgan fingerprint density at radius 2 is 1.81 bits per heavy atom. The zero-order chi connectivity index (χ0) is 25.6. The first-order valence-electron chi connectivity index (χ1n) is 12.5. The van der Waals surface area contributed by atoms with Gasteiger partial charge in [0, 0.05) is 31.7 Å². The lowest BCUT2D eigenvalue weighted by atomic mass is 9.89. The van der Waals surface area contributed by atoms with E-state index < -0.39 is 21.5 Å². The number of carbonyl (C=O) groups is 1. The highest BCUT2D eigenvalue weighted by molar-refractivity contribution is 7.91. The number of benzene rings is 2. The molecule has 0 radical (unpaired) electrons. The van der Waals surface area contributed by atoms with E-state index in [0.29, 0.717) is 43.3 Å². The minimum Gasteiger partial charge on any atom is -0.494 e. The summed E-state index contributed by atoms with van der Waals surface area (Å²) in [6, 6.07) is 15.5. The molecule has 9 heteroatoms. The monoisotopic (exact) mass is 514 g/mol. The second-order valence-corrected chi connectivity index (χ2v) is 11.4. The number of rotatable bonds is 10. The van der Waals surface area contributed by atoms with Gasteiger partial charge in [-0.2, -0.15) is 0 Å². The summed E-state index contributed by atoms with van der Waals surface area (Å²) in [7, 11) is -3.60. The van der Waals surface area contributed by atoms with E-state index in [2.05, 4.69) is 0 Å². The average Bonchev–Trinajstić information content (AvgIpc) is 3.26. The molecule has 2 atom stereocenters. The molecule has 0 aromatic heterocycles. The molecule has 0 unspecified atom stereocenters. The summed E-state index contributed by atoms with van der Waals surface area (Å²) in [5, 5.41) is 8.92. The van der Waals surface area contributed by atoms with Crippen LogP contribution >= 0.6 is 0 Å². The number of hydrogen-bond donors (Lipinski definition) is 1. The molecule has 1 saturated heterocycles. The van der Waals surface area contributed by atoms with Crippen LogP contribution < -0.4 is 4.74 Å². The normalized spacial score (nSPS) is 22.1. The fourth-order valence-corrected chi connectivity index (χ4v) is 6.03. The first-order chi connectivity index (χ1) is 17.4. The van der Waals surface area contributed by atoms with Gasteiger partial charge in [0.2, 0.25) is 5.90 Å². The van der Waals surface area contributed by atoms with Crippen LogP contribution in [0.2, 0.25) is 0 Å². The van der Waals surface area contributed by atoms with Gasteiger partial charge in [-0.1, -0.05) is 18.2 Å².